The first-order valence-corrected chi connectivity index (χ1v) is 14.8. The van der Waals surface area contributed by atoms with Crippen LogP contribution in [-0.2, 0) is 24.6 Å². The highest BCUT2D eigenvalue weighted by Gasteiger charge is 2.39. The van der Waals surface area contributed by atoms with Crippen molar-refractivity contribution in [1.29, 1.82) is 0 Å². The second-order valence-corrected chi connectivity index (χ2v) is 11.3. The quantitative estimate of drug-likeness (QED) is 0.253. The number of nitrogens with zero attached hydrogens (tertiary/aromatic N) is 7. The zero-order valence-electron chi connectivity index (χ0n) is 25.5. The minimum Gasteiger partial charge on any atom is -0.465 e. The van der Waals surface area contributed by atoms with Crippen molar-refractivity contribution >= 4 is 41.1 Å². The third-order valence-corrected chi connectivity index (χ3v) is 7.92. The number of hydrogen-bond acceptors (Lipinski definition) is 7. The number of carbonyl (C=O) groups is 4. The average molecular weight is 688 g/mol. The molecule has 0 spiro atoms. The maximum Gasteiger partial charge on any atom is 0.435 e. The van der Waals surface area contributed by atoms with E-state index in [9.17, 15) is 32.3 Å². The van der Waals surface area contributed by atoms with E-state index in [2.05, 4.69) is 25.7 Å². The molecule has 0 bridgehead atoms. The van der Waals surface area contributed by atoms with Crippen LogP contribution in [0.25, 0.3) is 11.3 Å². The first kappa shape index (κ1) is 33.9. The van der Waals surface area contributed by atoms with Gasteiger partial charge in [-0.2, -0.15) is 18.3 Å². The lowest BCUT2D eigenvalue weighted by molar-refractivity contribution is -0.141. The second kappa shape index (κ2) is 13.7. The molecule has 48 heavy (non-hydrogen) atoms. The summed E-state index contributed by atoms with van der Waals surface area (Å²) in [5.41, 5.74) is -0.375. The van der Waals surface area contributed by atoms with Crippen molar-refractivity contribution in [1.82, 2.24) is 39.4 Å². The van der Waals surface area contributed by atoms with Crippen LogP contribution in [0.2, 0.25) is 5.02 Å². The molecule has 0 radical (unpaired) electrons. The zero-order valence-corrected chi connectivity index (χ0v) is 26.3. The third kappa shape index (κ3) is 7.41. The molecule has 1 fully saturated rings. The Morgan fingerprint density at radius 1 is 1.06 bits per heavy atom. The standard InChI is InChI=1S/C30H29ClF3N9O5/c1-17(37-29(47)48)27(45)41-8-10-42(11-9-41)28(46)20-6-5-19(12-22(20)31)38-26(44)25-36-14-23(40(25)2)21-16-43(39-24(21)30(32,33)34)15-18-4-3-7-35-13-18/h3-7,12-14,16-17,37H,8-11,15H2,1-2H3,(H,38,44)(H,47,48). The molecule has 0 saturated carbocycles. The van der Waals surface area contributed by atoms with E-state index in [-0.39, 0.29) is 66.1 Å². The number of aromatic nitrogens is 5. The number of pyridine rings is 1. The minimum absolute atomic E-state index is 0.0123. The Bertz CT molecular complexity index is 1850. The lowest BCUT2D eigenvalue weighted by atomic mass is 10.1. The zero-order chi connectivity index (χ0) is 34.7. The van der Waals surface area contributed by atoms with Crippen molar-refractivity contribution in [2.75, 3.05) is 31.5 Å². The lowest BCUT2D eigenvalue weighted by Gasteiger charge is -2.36. The van der Waals surface area contributed by atoms with E-state index < -0.39 is 41.7 Å². The Kier molecular flexibility index (Phi) is 9.69. The van der Waals surface area contributed by atoms with Gasteiger partial charge in [0.05, 0.1) is 34.6 Å². The van der Waals surface area contributed by atoms with E-state index in [0.29, 0.717) is 5.56 Å². The van der Waals surface area contributed by atoms with Crippen molar-refractivity contribution in [2.45, 2.75) is 25.7 Å². The molecule has 14 nitrogen and oxygen atoms in total. The molecular formula is C30H29ClF3N9O5. The maximum absolute atomic E-state index is 14.0. The normalized spacial score (nSPS) is 14.0. The largest absolute Gasteiger partial charge is 0.465 e. The summed E-state index contributed by atoms with van der Waals surface area (Å²) in [6.45, 7) is 2.26. The number of anilines is 1. The Labute approximate surface area is 276 Å². The Morgan fingerprint density at radius 2 is 1.77 bits per heavy atom. The maximum atomic E-state index is 14.0. The van der Waals surface area contributed by atoms with Crippen LogP contribution in [0.4, 0.5) is 23.7 Å². The van der Waals surface area contributed by atoms with E-state index in [1.165, 1.54) is 58.9 Å². The molecular weight excluding hydrogens is 659 g/mol. The predicted octanol–water partition coefficient (Wildman–Crippen LogP) is 3.59. The van der Waals surface area contributed by atoms with Gasteiger partial charge in [-0.1, -0.05) is 17.7 Å². The van der Waals surface area contributed by atoms with Crippen molar-refractivity contribution < 1.29 is 37.5 Å². The molecule has 252 valence electrons. The van der Waals surface area contributed by atoms with E-state index in [4.69, 9.17) is 16.7 Å². The van der Waals surface area contributed by atoms with Crippen LogP contribution in [-0.4, -0.2) is 95.3 Å². The molecule has 3 aromatic heterocycles. The van der Waals surface area contributed by atoms with Crippen LogP contribution in [0, 0.1) is 0 Å². The minimum atomic E-state index is -4.78. The summed E-state index contributed by atoms with van der Waals surface area (Å²) in [4.78, 5) is 60.6. The summed E-state index contributed by atoms with van der Waals surface area (Å²) in [6.07, 6.45) is -0.635. The van der Waals surface area contributed by atoms with Crippen molar-refractivity contribution in [3.63, 3.8) is 0 Å². The van der Waals surface area contributed by atoms with E-state index in [1.54, 1.807) is 18.3 Å². The van der Waals surface area contributed by atoms with Crippen molar-refractivity contribution in [3.05, 3.63) is 82.8 Å². The van der Waals surface area contributed by atoms with Gasteiger partial charge in [0, 0.05) is 57.5 Å². The topological polar surface area (TPSA) is 168 Å². The van der Waals surface area contributed by atoms with Gasteiger partial charge < -0.3 is 30.1 Å². The Balaban J connectivity index is 1.26. The van der Waals surface area contributed by atoms with Gasteiger partial charge >= 0.3 is 12.3 Å². The molecule has 5 rings (SSSR count). The molecule has 1 aromatic carbocycles. The first-order chi connectivity index (χ1) is 22.7. The van der Waals surface area contributed by atoms with Gasteiger partial charge in [-0.15, -0.1) is 0 Å². The van der Waals surface area contributed by atoms with Crippen LogP contribution in [0.3, 0.4) is 0 Å². The monoisotopic (exact) mass is 687 g/mol. The number of amides is 4. The molecule has 4 aromatic rings. The van der Waals surface area contributed by atoms with E-state index in [1.807, 2.05) is 0 Å². The number of imidazole rings is 1. The third-order valence-electron chi connectivity index (χ3n) is 7.61. The van der Waals surface area contributed by atoms with Gasteiger partial charge in [-0.3, -0.25) is 24.0 Å². The highest BCUT2D eigenvalue weighted by molar-refractivity contribution is 6.34. The van der Waals surface area contributed by atoms with Gasteiger partial charge in [-0.05, 0) is 36.8 Å². The van der Waals surface area contributed by atoms with E-state index in [0.717, 1.165) is 10.9 Å². The Morgan fingerprint density at radius 3 is 2.40 bits per heavy atom. The summed E-state index contributed by atoms with van der Waals surface area (Å²) < 4.78 is 44.2. The highest BCUT2D eigenvalue weighted by atomic mass is 35.5. The number of benzene rings is 1. The van der Waals surface area contributed by atoms with Crippen molar-refractivity contribution in [2.24, 2.45) is 7.05 Å². The summed E-state index contributed by atoms with van der Waals surface area (Å²) in [6, 6.07) is 6.67. The van der Waals surface area contributed by atoms with Crippen LogP contribution in [0.1, 0.15) is 39.2 Å². The lowest BCUT2D eigenvalue weighted by Crippen LogP contribution is -2.55. The smallest absolute Gasteiger partial charge is 0.435 e. The molecule has 1 saturated heterocycles. The summed E-state index contributed by atoms with van der Waals surface area (Å²) in [5, 5.41) is 17.3. The summed E-state index contributed by atoms with van der Waals surface area (Å²) in [7, 11) is 1.40. The number of halogens is 4. The van der Waals surface area contributed by atoms with Gasteiger partial charge in [0.2, 0.25) is 5.91 Å². The number of rotatable bonds is 8. The molecule has 18 heteroatoms. The van der Waals surface area contributed by atoms with Crippen LogP contribution < -0.4 is 10.6 Å². The van der Waals surface area contributed by atoms with Gasteiger partial charge in [-0.25, -0.2) is 9.78 Å². The van der Waals surface area contributed by atoms with Crippen LogP contribution in [0.5, 0.6) is 0 Å². The Hall–Kier alpha value is -5.45. The van der Waals surface area contributed by atoms with E-state index >= 15 is 0 Å². The highest BCUT2D eigenvalue weighted by Crippen LogP contribution is 2.36. The molecule has 3 N–H and O–H groups in total. The molecule has 4 amide bonds. The second-order valence-electron chi connectivity index (χ2n) is 10.9. The number of carboxylic acid groups (broad SMARTS) is 1. The molecule has 1 aliphatic rings. The average Bonchev–Trinajstić information content (AvgIpc) is 3.64. The molecule has 1 atom stereocenters. The van der Waals surface area contributed by atoms with Gasteiger partial charge in [0.15, 0.2) is 11.5 Å². The van der Waals surface area contributed by atoms with Gasteiger partial charge in [0.1, 0.15) is 6.04 Å². The summed E-state index contributed by atoms with van der Waals surface area (Å²) >= 11 is 6.41. The van der Waals surface area contributed by atoms with Gasteiger partial charge in [0.25, 0.3) is 11.8 Å². The van der Waals surface area contributed by atoms with Crippen molar-refractivity contribution in [3.8, 4) is 11.3 Å². The number of hydrogen-bond donors (Lipinski definition) is 3. The summed E-state index contributed by atoms with van der Waals surface area (Å²) in [5.74, 6) is -1.73. The number of nitrogens with one attached hydrogen (secondary N) is 2. The van der Waals surface area contributed by atoms with Crippen LogP contribution in [0.15, 0.2) is 55.1 Å². The number of alkyl halides is 3. The fourth-order valence-corrected chi connectivity index (χ4v) is 5.48. The molecule has 4 heterocycles. The first-order valence-electron chi connectivity index (χ1n) is 14.5. The van der Waals surface area contributed by atoms with Crippen LogP contribution >= 0.6 is 11.6 Å². The predicted molar refractivity (Wildman–Crippen MR) is 165 cm³/mol. The SMILES string of the molecule is CC(NC(=O)O)C(=O)N1CCN(C(=O)c2ccc(NC(=O)c3ncc(-c4cn(Cc5cccnc5)nc4C(F)(F)F)n3C)cc2Cl)CC1. The number of piperazine rings is 1. The molecule has 0 aliphatic carbocycles. The fourth-order valence-electron chi connectivity index (χ4n) is 5.22. The molecule has 1 aliphatic heterocycles. The molecule has 1 unspecified atom stereocenters. The number of carbonyl (C=O) groups excluding carboxylic acids is 3. The fraction of sp³-hybridized carbons (Fsp3) is 0.300.